The van der Waals surface area contributed by atoms with Crippen LogP contribution >= 0.6 is 0 Å². The number of nitriles is 2. The number of nitrogens with zero attached hydrogens (tertiary/aromatic N) is 2. The van der Waals surface area contributed by atoms with Crippen LogP contribution in [-0.4, -0.2) is 0 Å². The van der Waals surface area contributed by atoms with Crippen molar-refractivity contribution in [2.45, 2.75) is 135 Å². The molecule has 4 aliphatic carbocycles. The third-order valence-electron chi connectivity index (χ3n) is 10.3. The monoisotopic (exact) mass is 458 g/mol. The third-order valence-corrected chi connectivity index (χ3v) is 10.3. The lowest BCUT2D eigenvalue weighted by atomic mass is 9.50. The first-order valence-corrected chi connectivity index (χ1v) is 14.6. The van der Waals surface area contributed by atoms with Crippen LogP contribution in [0.4, 0.5) is 0 Å². The maximum atomic E-state index is 10.2. The molecule has 0 aliphatic heterocycles. The van der Waals surface area contributed by atoms with E-state index in [0.717, 1.165) is 23.8 Å². The van der Waals surface area contributed by atoms with Crippen molar-refractivity contribution in [3.05, 3.63) is 34.4 Å². The second-order valence-corrected chi connectivity index (χ2v) is 12.2. The summed E-state index contributed by atoms with van der Waals surface area (Å²) < 4.78 is 0. The molecule has 0 spiro atoms. The molecule has 0 atom stereocenters. The first-order chi connectivity index (χ1) is 16.6. The van der Waals surface area contributed by atoms with Gasteiger partial charge in [-0.05, 0) is 91.6 Å². The van der Waals surface area contributed by atoms with Crippen LogP contribution in [0.1, 0.15) is 145 Å². The summed E-state index contributed by atoms with van der Waals surface area (Å²) in [5.41, 5.74) is 4.43. The highest BCUT2D eigenvalue weighted by Crippen LogP contribution is 2.60. The maximum absolute atomic E-state index is 10.2. The van der Waals surface area contributed by atoms with Gasteiger partial charge in [-0.2, -0.15) is 10.5 Å². The van der Waals surface area contributed by atoms with E-state index >= 15 is 0 Å². The van der Waals surface area contributed by atoms with Gasteiger partial charge in [0, 0.05) is 0 Å². The molecule has 0 saturated heterocycles. The average Bonchev–Trinajstić information content (AvgIpc) is 2.89. The first kappa shape index (κ1) is 25.3. The number of unbranched alkanes of at least 4 members (excludes halogenated alkanes) is 2. The predicted octanol–water partition coefficient (Wildman–Crippen LogP) is 9.14. The van der Waals surface area contributed by atoms with Gasteiger partial charge in [0.2, 0.25) is 0 Å². The van der Waals surface area contributed by atoms with E-state index in [0.29, 0.717) is 16.5 Å². The van der Waals surface area contributed by atoms with Crippen molar-refractivity contribution < 1.29 is 0 Å². The minimum Gasteiger partial charge on any atom is -0.192 e. The van der Waals surface area contributed by atoms with E-state index in [4.69, 9.17) is 0 Å². The third kappa shape index (κ3) is 5.23. The Morgan fingerprint density at radius 3 is 1.94 bits per heavy atom. The van der Waals surface area contributed by atoms with Crippen molar-refractivity contribution in [2.24, 2.45) is 17.3 Å². The normalized spacial score (nSPS) is 30.6. The van der Waals surface area contributed by atoms with E-state index in [1.807, 2.05) is 0 Å². The van der Waals surface area contributed by atoms with Crippen LogP contribution in [0.25, 0.3) is 0 Å². The molecule has 0 aromatic heterocycles. The van der Waals surface area contributed by atoms with Crippen LogP contribution in [-0.2, 0) is 11.8 Å². The van der Waals surface area contributed by atoms with Crippen LogP contribution in [0, 0.1) is 39.9 Å². The summed E-state index contributed by atoms with van der Waals surface area (Å²) in [7, 11) is 0. The highest BCUT2D eigenvalue weighted by molar-refractivity contribution is 5.57. The van der Waals surface area contributed by atoms with Gasteiger partial charge in [0.05, 0.1) is 11.1 Å². The van der Waals surface area contributed by atoms with Gasteiger partial charge < -0.3 is 0 Å². The Labute approximate surface area is 209 Å². The molecule has 5 rings (SSSR count). The maximum Gasteiger partial charge on any atom is 0.101 e. The molecule has 34 heavy (non-hydrogen) atoms. The summed E-state index contributed by atoms with van der Waals surface area (Å²) in [5.74, 6) is 1.74. The number of aryl methyl sites for hydroxylation is 1. The van der Waals surface area contributed by atoms with Gasteiger partial charge in [0.1, 0.15) is 12.1 Å². The average molecular weight is 459 g/mol. The molecule has 0 unspecified atom stereocenters. The second-order valence-electron chi connectivity index (χ2n) is 12.2. The number of benzene rings is 1. The van der Waals surface area contributed by atoms with E-state index in [1.54, 1.807) is 0 Å². The Bertz CT molecular complexity index is 882. The lowest BCUT2D eigenvalue weighted by molar-refractivity contribution is 0.0319. The van der Waals surface area contributed by atoms with E-state index in [2.05, 4.69) is 38.1 Å². The van der Waals surface area contributed by atoms with Crippen LogP contribution in [0.3, 0.4) is 0 Å². The molecule has 0 amide bonds. The van der Waals surface area contributed by atoms with Crippen molar-refractivity contribution in [1.82, 2.24) is 0 Å². The van der Waals surface area contributed by atoms with Crippen molar-refractivity contribution in [2.75, 3.05) is 0 Å². The minimum atomic E-state index is 0.140. The van der Waals surface area contributed by atoms with Gasteiger partial charge in [-0.3, -0.25) is 0 Å². The Balaban J connectivity index is 1.41. The number of rotatable bonds is 10. The van der Waals surface area contributed by atoms with E-state index in [9.17, 15) is 10.5 Å². The molecule has 2 heteroatoms. The molecular weight excluding hydrogens is 412 g/mol. The highest BCUT2D eigenvalue weighted by Gasteiger charge is 2.49. The molecule has 1 aromatic rings. The van der Waals surface area contributed by atoms with Gasteiger partial charge >= 0.3 is 0 Å². The summed E-state index contributed by atoms with van der Waals surface area (Å²) >= 11 is 0. The molecule has 184 valence electrons. The Hall–Kier alpha value is -1.80. The van der Waals surface area contributed by atoms with Gasteiger partial charge in [-0.15, -0.1) is 0 Å². The lowest BCUT2D eigenvalue weighted by Gasteiger charge is -2.54. The summed E-state index contributed by atoms with van der Waals surface area (Å²) in [6.45, 7) is 4.61. The number of hydrogen-bond acceptors (Lipinski definition) is 2. The molecule has 4 aliphatic rings. The Kier molecular flexibility index (Phi) is 8.40. The van der Waals surface area contributed by atoms with Crippen LogP contribution in [0.5, 0.6) is 0 Å². The van der Waals surface area contributed by atoms with Crippen molar-refractivity contribution in [1.29, 1.82) is 10.5 Å². The lowest BCUT2D eigenvalue weighted by Crippen LogP contribution is -2.44. The van der Waals surface area contributed by atoms with Crippen LogP contribution in [0.15, 0.2) is 12.1 Å². The van der Waals surface area contributed by atoms with Crippen molar-refractivity contribution in [3.63, 3.8) is 0 Å². The molecule has 2 bridgehead atoms. The molecule has 0 N–H and O–H groups in total. The van der Waals surface area contributed by atoms with Gasteiger partial charge in [0.25, 0.3) is 0 Å². The molecule has 4 fully saturated rings. The van der Waals surface area contributed by atoms with Crippen LogP contribution in [0.2, 0.25) is 0 Å². The Morgan fingerprint density at radius 1 is 0.765 bits per heavy atom. The predicted molar refractivity (Wildman–Crippen MR) is 141 cm³/mol. The first-order valence-electron chi connectivity index (χ1n) is 14.6. The van der Waals surface area contributed by atoms with Crippen molar-refractivity contribution >= 4 is 0 Å². The molecule has 1 aromatic carbocycles. The molecular formula is C32H46N2. The fraction of sp³-hybridized carbons (Fsp3) is 0.750. The van der Waals surface area contributed by atoms with Crippen molar-refractivity contribution in [3.8, 4) is 12.1 Å². The zero-order chi connectivity index (χ0) is 24.0. The van der Waals surface area contributed by atoms with Gasteiger partial charge in [0.15, 0.2) is 0 Å². The zero-order valence-electron chi connectivity index (χ0n) is 21.9. The largest absolute Gasteiger partial charge is 0.192 e. The molecule has 0 radical (unpaired) electrons. The SMILES string of the molecule is CCCCCC1CCC(CCc2ccc(C34CCC(CCC)(CC3)CC4)c(C#N)c2C#N)CC1. The summed E-state index contributed by atoms with van der Waals surface area (Å²) in [6.07, 6.45) is 23.3. The van der Waals surface area contributed by atoms with E-state index in [1.165, 1.54) is 115 Å². The topological polar surface area (TPSA) is 47.6 Å². The fourth-order valence-corrected chi connectivity index (χ4v) is 7.96. The molecule has 2 nitrogen and oxygen atoms in total. The molecule has 0 heterocycles. The minimum absolute atomic E-state index is 0.140. The fourth-order valence-electron chi connectivity index (χ4n) is 7.96. The van der Waals surface area contributed by atoms with Gasteiger partial charge in [-0.25, -0.2) is 0 Å². The quantitative estimate of drug-likeness (QED) is 0.328. The smallest absolute Gasteiger partial charge is 0.101 e. The molecule has 4 saturated carbocycles. The number of fused-ring (bicyclic) bond motifs is 3. The standard InChI is InChI=1S/C32H46N2/c1-3-5-6-7-25-8-10-26(11-9-25)12-13-27-14-15-30(29(24-34)28(27)23-33)32-20-17-31(16-4-2,18-21-32)19-22-32/h14-15,25-26H,3-13,16-22H2,1-2H3. The van der Waals surface area contributed by atoms with E-state index in [-0.39, 0.29) is 5.41 Å². The van der Waals surface area contributed by atoms with Gasteiger partial charge in [-0.1, -0.05) is 83.8 Å². The second kappa shape index (κ2) is 11.3. The summed E-state index contributed by atoms with van der Waals surface area (Å²) in [6, 6.07) is 9.47. The highest BCUT2D eigenvalue weighted by atomic mass is 14.5. The Morgan fingerprint density at radius 2 is 1.38 bits per heavy atom. The van der Waals surface area contributed by atoms with E-state index < -0.39 is 0 Å². The summed E-state index contributed by atoms with van der Waals surface area (Å²) in [4.78, 5) is 0. The summed E-state index contributed by atoms with van der Waals surface area (Å²) in [5, 5.41) is 20.3. The van der Waals surface area contributed by atoms with Crippen LogP contribution < -0.4 is 0 Å². The zero-order valence-corrected chi connectivity index (χ0v) is 21.9. The number of hydrogen-bond donors (Lipinski definition) is 0.